The van der Waals surface area contributed by atoms with Crippen LogP contribution in [-0.2, 0) is 16.1 Å². The van der Waals surface area contributed by atoms with Crippen molar-refractivity contribution in [3.05, 3.63) is 70.1 Å². The average Bonchev–Trinajstić information content (AvgIpc) is 2.52. The molecule has 120 valence electrons. The fourth-order valence-electron chi connectivity index (χ4n) is 2.18. The van der Waals surface area contributed by atoms with E-state index < -0.39 is 17.9 Å². The largest absolute Gasteiger partial charge is 0.479 e. The number of nitrogens with one attached hydrogen (secondary N) is 1. The molecule has 0 saturated carbocycles. The molecule has 2 N–H and O–H groups in total. The van der Waals surface area contributed by atoms with Gasteiger partial charge in [-0.25, -0.2) is 4.79 Å². The molecule has 6 heteroatoms. The molecule has 1 aromatic heterocycles. The van der Waals surface area contributed by atoms with Gasteiger partial charge in [0.15, 0.2) is 6.04 Å². The number of aliphatic carboxylic acids is 1. The monoisotopic (exact) mass is 314 g/mol. The Balaban J connectivity index is 2.00. The zero-order valence-electron chi connectivity index (χ0n) is 12.7. The van der Waals surface area contributed by atoms with Crippen LogP contribution in [0.3, 0.4) is 0 Å². The molecule has 1 aromatic carbocycles. The highest BCUT2D eigenvalue weighted by Gasteiger charge is 2.21. The van der Waals surface area contributed by atoms with E-state index in [1.54, 1.807) is 42.6 Å². The molecular formula is C17H18N2O4. The molecule has 2 aromatic rings. The molecule has 0 aliphatic rings. The molecule has 0 fully saturated rings. The van der Waals surface area contributed by atoms with Gasteiger partial charge in [-0.3, -0.25) is 9.59 Å². The summed E-state index contributed by atoms with van der Waals surface area (Å²) < 4.78 is 1.42. The highest BCUT2D eigenvalue weighted by Crippen LogP contribution is 2.12. The van der Waals surface area contributed by atoms with E-state index in [0.717, 1.165) is 5.56 Å². The summed E-state index contributed by atoms with van der Waals surface area (Å²) in [4.78, 5) is 35.1. The molecule has 1 amide bonds. The van der Waals surface area contributed by atoms with Crippen molar-refractivity contribution in [2.75, 3.05) is 0 Å². The number of aryl methyl sites for hydroxylation is 2. The molecule has 0 aliphatic carbocycles. The number of carbonyl (C=O) groups excluding carboxylic acids is 1. The first-order chi connectivity index (χ1) is 11.0. The van der Waals surface area contributed by atoms with Crippen molar-refractivity contribution < 1.29 is 14.7 Å². The molecule has 0 radical (unpaired) electrons. The maximum absolute atomic E-state index is 12.0. The number of rotatable bonds is 6. The third-order valence-corrected chi connectivity index (χ3v) is 3.42. The summed E-state index contributed by atoms with van der Waals surface area (Å²) >= 11 is 0. The number of hydrogen-bond acceptors (Lipinski definition) is 3. The number of benzene rings is 1. The topological polar surface area (TPSA) is 88.4 Å². The van der Waals surface area contributed by atoms with Crippen molar-refractivity contribution >= 4 is 11.9 Å². The van der Waals surface area contributed by atoms with Gasteiger partial charge in [0.05, 0.1) is 0 Å². The van der Waals surface area contributed by atoms with Crippen molar-refractivity contribution in [2.24, 2.45) is 0 Å². The molecule has 1 unspecified atom stereocenters. The Hall–Kier alpha value is -2.89. The number of pyridine rings is 1. The third kappa shape index (κ3) is 4.54. The summed E-state index contributed by atoms with van der Waals surface area (Å²) in [5, 5.41) is 11.7. The maximum Gasteiger partial charge on any atom is 0.330 e. The van der Waals surface area contributed by atoms with E-state index in [-0.39, 0.29) is 18.5 Å². The fraction of sp³-hybridized carbons (Fsp3) is 0.235. The quantitative estimate of drug-likeness (QED) is 0.845. The van der Waals surface area contributed by atoms with Gasteiger partial charge >= 0.3 is 5.97 Å². The SMILES string of the molecule is Cc1ccn(CCC(=O)NC(C(=O)O)c2ccccc2)c(=O)c1. The van der Waals surface area contributed by atoms with E-state index >= 15 is 0 Å². The number of carboxylic acids is 1. The maximum atomic E-state index is 12.0. The van der Waals surface area contributed by atoms with Crippen molar-refractivity contribution in [3.63, 3.8) is 0 Å². The minimum absolute atomic E-state index is 0.0274. The number of hydrogen-bond donors (Lipinski definition) is 2. The van der Waals surface area contributed by atoms with E-state index in [1.165, 1.54) is 10.6 Å². The van der Waals surface area contributed by atoms with Gasteiger partial charge in [0.25, 0.3) is 5.56 Å². The zero-order chi connectivity index (χ0) is 16.8. The highest BCUT2D eigenvalue weighted by atomic mass is 16.4. The van der Waals surface area contributed by atoms with Gasteiger partial charge in [-0.2, -0.15) is 0 Å². The Labute approximate surface area is 133 Å². The van der Waals surface area contributed by atoms with Crippen molar-refractivity contribution in [1.29, 1.82) is 0 Å². The number of aromatic nitrogens is 1. The molecule has 23 heavy (non-hydrogen) atoms. The number of nitrogens with zero attached hydrogens (tertiary/aromatic N) is 1. The molecule has 0 bridgehead atoms. The van der Waals surface area contributed by atoms with Crippen LogP contribution in [0.1, 0.15) is 23.6 Å². The van der Waals surface area contributed by atoms with E-state index in [2.05, 4.69) is 5.32 Å². The molecule has 0 saturated heterocycles. The second kappa shape index (κ2) is 7.40. The molecule has 6 nitrogen and oxygen atoms in total. The fourth-order valence-corrected chi connectivity index (χ4v) is 2.18. The Kier molecular flexibility index (Phi) is 5.30. The minimum atomic E-state index is -1.13. The molecule has 2 rings (SSSR count). The first kappa shape index (κ1) is 16.5. The van der Waals surface area contributed by atoms with E-state index in [1.807, 2.05) is 6.92 Å². The molecule has 0 spiro atoms. The minimum Gasteiger partial charge on any atom is -0.479 e. The van der Waals surface area contributed by atoms with Crippen molar-refractivity contribution in [1.82, 2.24) is 9.88 Å². The molecular weight excluding hydrogens is 296 g/mol. The third-order valence-electron chi connectivity index (χ3n) is 3.42. The van der Waals surface area contributed by atoms with Crippen LogP contribution in [0.5, 0.6) is 0 Å². The predicted octanol–water partition coefficient (Wildman–Crippen LogP) is 1.49. The summed E-state index contributed by atoms with van der Waals surface area (Å²) in [6, 6.07) is 10.7. The van der Waals surface area contributed by atoms with Crippen LogP contribution in [0.2, 0.25) is 0 Å². The first-order valence-corrected chi connectivity index (χ1v) is 7.21. The van der Waals surface area contributed by atoms with E-state index in [9.17, 15) is 19.5 Å². The summed E-state index contributed by atoms with van der Waals surface area (Å²) in [7, 11) is 0. The summed E-state index contributed by atoms with van der Waals surface area (Å²) in [6.45, 7) is 2.02. The average molecular weight is 314 g/mol. The Morgan fingerprint density at radius 3 is 2.52 bits per heavy atom. The lowest BCUT2D eigenvalue weighted by atomic mass is 10.1. The lowest BCUT2D eigenvalue weighted by Gasteiger charge is -2.15. The summed E-state index contributed by atoms with van der Waals surface area (Å²) in [5.74, 6) is -1.55. The van der Waals surface area contributed by atoms with Gasteiger partial charge < -0.3 is 15.0 Å². The van der Waals surface area contributed by atoms with Gasteiger partial charge in [0.1, 0.15) is 0 Å². The first-order valence-electron chi connectivity index (χ1n) is 7.21. The number of carbonyl (C=O) groups is 2. The second-order valence-corrected chi connectivity index (χ2v) is 5.24. The molecule has 1 heterocycles. The molecule has 0 aliphatic heterocycles. The van der Waals surface area contributed by atoms with Crippen LogP contribution in [0.4, 0.5) is 0 Å². The zero-order valence-corrected chi connectivity index (χ0v) is 12.7. The van der Waals surface area contributed by atoms with Crippen LogP contribution in [0.15, 0.2) is 53.5 Å². The van der Waals surface area contributed by atoms with Crippen LogP contribution >= 0.6 is 0 Å². The predicted molar refractivity (Wildman–Crippen MR) is 85.0 cm³/mol. The van der Waals surface area contributed by atoms with Gasteiger partial charge in [-0.05, 0) is 24.1 Å². The Bertz CT molecular complexity index is 753. The van der Waals surface area contributed by atoms with E-state index in [0.29, 0.717) is 5.56 Å². The highest BCUT2D eigenvalue weighted by molar-refractivity contribution is 5.84. The lowest BCUT2D eigenvalue weighted by Crippen LogP contribution is -2.34. The Morgan fingerprint density at radius 2 is 1.91 bits per heavy atom. The van der Waals surface area contributed by atoms with Gasteiger partial charge in [-0.1, -0.05) is 30.3 Å². The number of amides is 1. The number of carboxylic acid groups (broad SMARTS) is 1. The van der Waals surface area contributed by atoms with Crippen LogP contribution in [-0.4, -0.2) is 21.6 Å². The lowest BCUT2D eigenvalue weighted by molar-refractivity contribution is -0.142. The van der Waals surface area contributed by atoms with Crippen molar-refractivity contribution in [3.8, 4) is 0 Å². The van der Waals surface area contributed by atoms with Crippen LogP contribution < -0.4 is 10.9 Å². The van der Waals surface area contributed by atoms with Gasteiger partial charge in [0.2, 0.25) is 5.91 Å². The molecule has 1 atom stereocenters. The van der Waals surface area contributed by atoms with Gasteiger partial charge in [-0.15, -0.1) is 0 Å². The van der Waals surface area contributed by atoms with E-state index in [4.69, 9.17) is 0 Å². The van der Waals surface area contributed by atoms with Crippen molar-refractivity contribution in [2.45, 2.75) is 25.9 Å². The summed E-state index contributed by atoms with van der Waals surface area (Å²) in [5.41, 5.74) is 1.17. The summed E-state index contributed by atoms with van der Waals surface area (Å²) in [6.07, 6.45) is 1.65. The standard InChI is InChI=1S/C17H18N2O4/c1-12-7-9-19(15(21)11-12)10-8-14(20)18-16(17(22)23)13-5-3-2-4-6-13/h2-7,9,11,16H,8,10H2,1H3,(H,18,20)(H,22,23). The Morgan fingerprint density at radius 1 is 1.22 bits per heavy atom. The van der Waals surface area contributed by atoms with Crippen LogP contribution in [0.25, 0.3) is 0 Å². The second-order valence-electron chi connectivity index (χ2n) is 5.24. The van der Waals surface area contributed by atoms with Crippen LogP contribution in [0, 0.1) is 6.92 Å². The normalized spacial score (nSPS) is 11.7. The van der Waals surface area contributed by atoms with Gasteiger partial charge in [0, 0.05) is 25.2 Å². The smallest absolute Gasteiger partial charge is 0.330 e.